The summed E-state index contributed by atoms with van der Waals surface area (Å²) in [4.78, 5) is 23.8. The predicted octanol–water partition coefficient (Wildman–Crippen LogP) is -0.253. The molecule has 2 rings (SSSR count). The van der Waals surface area contributed by atoms with Crippen LogP contribution in [0.3, 0.4) is 0 Å². The number of cyclic esters (lactones) is 1. The molecule has 0 bridgehead atoms. The molecule has 0 spiro atoms. The fourth-order valence-electron chi connectivity index (χ4n) is 2.36. The maximum absolute atomic E-state index is 10.9. The van der Waals surface area contributed by atoms with Crippen molar-refractivity contribution in [1.82, 2.24) is 10.2 Å². The molecular weight excluding hydrogens is 212 g/mol. The topological polar surface area (TPSA) is 78.9 Å². The number of carbonyl (C=O) groups excluding carboxylic acids is 1. The summed E-state index contributed by atoms with van der Waals surface area (Å²) in [7, 11) is 0. The highest BCUT2D eigenvalue weighted by atomic mass is 16.6. The van der Waals surface area contributed by atoms with Crippen molar-refractivity contribution in [2.45, 2.75) is 13.0 Å². The zero-order valence-corrected chi connectivity index (χ0v) is 9.18. The lowest BCUT2D eigenvalue weighted by Crippen LogP contribution is -2.33. The van der Waals surface area contributed by atoms with Crippen LogP contribution in [-0.4, -0.2) is 54.4 Å². The van der Waals surface area contributed by atoms with Gasteiger partial charge in [0.05, 0.1) is 12.5 Å². The van der Waals surface area contributed by atoms with Gasteiger partial charge in [-0.25, -0.2) is 4.79 Å². The smallest absolute Gasteiger partial charge is 0.407 e. The van der Waals surface area contributed by atoms with Gasteiger partial charge in [0, 0.05) is 19.6 Å². The molecule has 0 aromatic heterocycles. The van der Waals surface area contributed by atoms with E-state index in [1.165, 1.54) is 0 Å². The van der Waals surface area contributed by atoms with Gasteiger partial charge in [0.1, 0.15) is 6.10 Å². The second kappa shape index (κ2) is 4.29. The summed E-state index contributed by atoms with van der Waals surface area (Å²) >= 11 is 0. The summed E-state index contributed by atoms with van der Waals surface area (Å²) in [6.45, 7) is 4.38. The lowest BCUT2D eigenvalue weighted by Gasteiger charge is -2.18. The molecule has 0 radical (unpaired) electrons. The standard InChI is InChI=1S/C10H16N2O4/c1-6-3-12(5-8(6)9(13)14)4-7-2-11-10(15)16-7/h6-8H,2-5H2,1H3,(H,11,15)(H,13,14). The Balaban J connectivity index is 1.84. The number of nitrogens with zero attached hydrogens (tertiary/aromatic N) is 1. The van der Waals surface area contributed by atoms with Crippen molar-refractivity contribution in [3.8, 4) is 0 Å². The zero-order chi connectivity index (χ0) is 11.7. The third-order valence-corrected chi connectivity index (χ3v) is 3.21. The molecule has 6 nitrogen and oxygen atoms in total. The molecule has 2 heterocycles. The number of carboxylic acid groups (broad SMARTS) is 1. The Morgan fingerprint density at radius 1 is 1.62 bits per heavy atom. The molecular formula is C10H16N2O4. The van der Waals surface area contributed by atoms with Crippen molar-refractivity contribution >= 4 is 12.1 Å². The van der Waals surface area contributed by atoms with Crippen molar-refractivity contribution in [3.63, 3.8) is 0 Å². The number of likely N-dealkylation sites (tertiary alicyclic amines) is 1. The first kappa shape index (κ1) is 11.2. The first-order chi connectivity index (χ1) is 7.56. The summed E-state index contributed by atoms with van der Waals surface area (Å²) in [5, 5.41) is 11.6. The molecule has 16 heavy (non-hydrogen) atoms. The number of hydrogen-bond donors (Lipinski definition) is 2. The van der Waals surface area contributed by atoms with Crippen LogP contribution < -0.4 is 5.32 Å². The molecule has 0 aromatic carbocycles. The fourth-order valence-corrected chi connectivity index (χ4v) is 2.36. The lowest BCUT2D eigenvalue weighted by molar-refractivity contribution is -0.142. The SMILES string of the molecule is CC1CN(CC2CNC(=O)O2)CC1C(=O)O. The minimum absolute atomic E-state index is 0.146. The van der Waals surface area contributed by atoms with Crippen molar-refractivity contribution in [2.24, 2.45) is 11.8 Å². The van der Waals surface area contributed by atoms with Crippen molar-refractivity contribution in [2.75, 3.05) is 26.2 Å². The maximum atomic E-state index is 10.9. The molecule has 2 fully saturated rings. The first-order valence-corrected chi connectivity index (χ1v) is 5.46. The Hall–Kier alpha value is -1.30. The highest BCUT2D eigenvalue weighted by Gasteiger charge is 2.36. The van der Waals surface area contributed by atoms with Crippen LogP contribution in [0, 0.1) is 11.8 Å². The van der Waals surface area contributed by atoms with E-state index in [0.717, 1.165) is 6.54 Å². The van der Waals surface area contributed by atoms with Gasteiger partial charge in [-0.2, -0.15) is 0 Å². The van der Waals surface area contributed by atoms with Crippen molar-refractivity contribution in [1.29, 1.82) is 0 Å². The second-order valence-corrected chi connectivity index (χ2v) is 4.55. The van der Waals surface area contributed by atoms with Gasteiger partial charge in [-0.05, 0) is 5.92 Å². The molecule has 3 unspecified atom stereocenters. The van der Waals surface area contributed by atoms with Gasteiger partial charge < -0.3 is 15.2 Å². The van der Waals surface area contributed by atoms with E-state index in [9.17, 15) is 9.59 Å². The van der Waals surface area contributed by atoms with Crippen LogP contribution in [0.25, 0.3) is 0 Å². The molecule has 2 aliphatic heterocycles. The van der Waals surface area contributed by atoms with Crippen LogP contribution in [0.5, 0.6) is 0 Å². The molecule has 2 N–H and O–H groups in total. The summed E-state index contributed by atoms with van der Waals surface area (Å²) in [5.74, 6) is -0.885. The van der Waals surface area contributed by atoms with Gasteiger partial charge in [0.2, 0.25) is 0 Å². The summed E-state index contributed by atoms with van der Waals surface area (Å²) in [6, 6.07) is 0. The third-order valence-electron chi connectivity index (χ3n) is 3.21. The average molecular weight is 228 g/mol. The van der Waals surface area contributed by atoms with E-state index in [4.69, 9.17) is 9.84 Å². The monoisotopic (exact) mass is 228 g/mol. The second-order valence-electron chi connectivity index (χ2n) is 4.55. The van der Waals surface area contributed by atoms with E-state index in [1.807, 2.05) is 6.92 Å². The Bertz CT molecular complexity index is 307. The quantitative estimate of drug-likeness (QED) is 0.696. The largest absolute Gasteiger partial charge is 0.481 e. The number of carbonyl (C=O) groups is 2. The number of aliphatic carboxylic acids is 1. The molecule has 2 saturated heterocycles. The third kappa shape index (κ3) is 2.27. The number of ether oxygens (including phenoxy) is 1. The number of nitrogens with one attached hydrogen (secondary N) is 1. The Morgan fingerprint density at radius 2 is 2.38 bits per heavy atom. The van der Waals surface area contributed by atoms with Crippen LogP contribution in [0.15, 0.2) is 0 Å². The molecule has 0 aliphatic carbocycles. The van der Waals surface area contributed by atoms with Crippen LogP contribution in [0.4, 0.5) is 4.79 Å². The van der Waals surface area contributed by atoms with Gasteiger partial charge in [-0.1, -0.05) is 6.92 Å². The highest BCUT2D eigenvalue weighted by molar-refractivity contribution is 5.71. The lowest BCUT2D eigenvalue weighted by atomic mass is 9.99. The van der Waals surface area contributed by atoms with E-state index < -0.39 is 5.97 Å². The van der Waals surface area contributed by atoms with E-state index in [0.29, 0.717) is 19.6 Å². The zero-order valence-electron chi connectivity index (χ0n) is 9.18. The summed E-state index contributed by atoms with van der Waals surface area (Å²) in [5.41, 5.74) is 0. The molecule has 90 valence electrons. The molecule has 0 saturated carbocycles. The van der Waals surface area contributed by atoms with E-state index in [1.54, 1.807) is 0 Å². The average Bonchev–Trinajstić information content (AvgIpc) is 2.73. The Kier molecular flexibility index (Phi) is 3.00. The summed E-state index contributed by atoms with van der Waals surface area (Å²) < 4.78 is 5.02. The fraction of sp³-hybridized carbons (Fsp3) is 0.800. The number of alkyl carbamates (subject to hydrolysis) is 1. The van der Waals surface area contributed by atoms with Gasteiger partial charge in [0.25, 0.3) is 0 Å². The van der Waals surface area contributed by atoms with E-state index in [-0.39, 0.29) is 24.0 Å². The Labute approximate surface area is 93.6 Å². The van der Waals surface area contributed by atoms with Crippen LogP contribution >= 0.6 is 0 Å². The van der Waals surface area contributed by atoms with Gasteiger partial charge in [0.15, 0.2) is 0 Å². The molecule has 0 aromatic rings. The van der Waals surface area contributed by atoms with Gasteiger partial charge >= 0.3 is 12.1 Å². The van der Waals surface area contributed by atoms with Crippen LogP contribution in [0.1, 0.15) is 6.92 Å². The minimum atomic E-state index is -0.739. The van der Waals surface area contributed by atoms with Crippen molar-refractivity contribution in [3.05, 3.63) is 0 Å². The molecule has 6 heteroatoms. The first-order valence-electron chi connectivity index (χ1n) is 5.46. The number of amides is 1. The van der Waals surface area contributed by atoms with Gasteiger partial charge in [-0.15, -0.1) is 0 Å². The Morgan fingerprint density at radius 3 is 2.88 bits per heavy atom. The van der Waals surface area contributed by atoms with Gasteiger partial charge in [-0.3, -0.25) is 9.69 Å². The van der Waals surface area contributed by atoms with E-state index >= 15 is 0 Å². The molecule has 3 atom stereocenters. The highest BCUT2D eigenvalue weighted by Crippen LogP contribution is 2.23. The van der Waals surface area contributed by atoms with Crippen molar-refractivity contribution < 1.29 is 19.4 Å². The maximum Gasteiger partial charge on any atom is 0.407 e. The minimum Gasteiger partial charge on any atom is -0.481 e. The van der Waals surface area contributed by atoms with E-state index in [2.05, 4.69) is 10.2 Å². The number of carboxylic acids is 1. The normalized spacial score (nSPS) is 34.8. The van der Waals surface area contributed by atoms with Crippen LogP contribution in [0.2, 0.25) is 0 Å². The molecule has 1 amide bonds. The molecule has 2 aliphatic rings. The number of rotatable bonds is 3. The number of hydrogen-bond acceptors (Lipinski definition) is 4. The summed E-state index contributed by atoms with van der Waals surface area (Å²) in [6.07, 6.45) is -0.528. The predicted molar refractivity (Wildman–Crippen MR) is 55.0 cm³/mol. The van der Waals surface area contributed by atoms with Crippen LogP contribution in [-0.2, 0) is 9.53 Å².